The van der Waals surface area contributed by atoms with Crippen molar-refractivity contribution >= 4 is 11.7 Å². The Morgan fingerprint density at radius 1 is 1.33 bits per heavy atom. The minimum atomic E-state index is -0.871. The predicted octanol–water partition coefficient (Wildman–Crippen LogP) is 1.57. The van der Waals surface area contributed by atoms with Gasteiger partial charge in [-0.15, -0.1) is 0 Å². The summed E-state index contributed by atoms with van der Waals surface area (Å²) < 4.78 is 14.9. The standard InChI is InChI=1S/C13H18N2O6/c1-4-21-13(16)6-9(14)8-5-11(19-2)12(20-3)7-10(8)15(17)18/h5,7,9H,4,6,14H2,1-3H3/t9-/m0/s1. The van der Waals surface area contributed by atoms with E-state index in [9.17, 15) is 14.9 Å². The lowest BCUT2D eigenvalue weighted by Gasteiger charge is -2.15. The van der Waals surface area contributed by atoms with Crippen LogP contribution < -0.4 is 15.2 Å². The maximum Gasteiger partial charge on any atom is 0.307 e. The van der Waals surface area contributed by atoms with E-state index in [1.807, 2.05) is 0 Å². The van der Waals surface area contributed by atoms with Crippen LogP contribution in [0, 0.1) is 10.1 Å². The van der Waals surface area contributed by atoms with Gasteiger partial charge in [0, 0.05) is 6.04 Å². The van der Waals surface area contributed by atoms with Gasteiger partial charge in [0.15, 0.2) is 11.5 Å². The highest BCUT2D eigenvalue weighted by molar-refractivity contribution is 5.71. The molecule has 8 heteroatoms. The normalized spacial score (nSPS) is 11.6. The fraction of sp³-hybridized carbons (Fsp3) is 0.462. The Morgan fingerprint density at radius 2 is 1.90 bits per heavy atom. The van der Waals surface area contributed by atoms with Gasteiger partial charge in [0.25, 0.3) is 5.69 Å². The highest BCUT2D eigenvalue weighted by Gasteiger charge is 2.25. The zero-order chi connectivity index (χ0) is 16.0. The molecular formula is C13H18N2O6. The molecule has 0 bridgehead atoms. The lowest BCUT2D eigenvalue weighted by atomic mass is 10.0. The SMILES string of the molecule is CCOC(=O)C[C@H](N)c1cc(OC)c(OC)cc1[N+](=O)[O-]. The molecular weight excluding hydrogens is 280 g/mol. The minimum Gasteiger partial charge on any atom is -0.493 e. The summed E-state index contributed by atoms with van der Waals surface area (Å²) in [4.78, 5) is 22.0. The topological polar surface area (TPSA) is 114 Å². The first kappa shape index (κ1) is 16.7. The molecule has 0 radical (unpaired) electrons. The lowest BCUT2D eigenvalue weighted by molar-refractivity contribution is -0.385. The summed E-state index contributed by atoms with van der Waals surface area (Å²) in [7, 11) is 2.78. The van der Waals surface area contributed by atoms with Gasteiger partial charge in [-0.05, 0) is 13.0 Å². The first-order chi connectivity index (χ1) is 9.94. The van der Waals surface area contributed by atoms with E-state index in [2.05, 4.69) is 0 Å². The number of methoxy groups -OCH3 is 2. The zero-order valence-electron chi connectivity index (χ0n) is 12.1. The number of hydrogen-bond donors (Lipinski definition) is 1. The molecule has 0 aliphatic heterocycles. The molecule has 1 aromatic rings. The van der Waals surface area contributed by atoms with Crippen LogP contribution in [0.15, 0.2) is 12.1 Å². The average Bonchev–Trinajstić information content (AvgIpc) is 2.45. The lowest BCUT2D eigenvalue weighted by Crippen LogP contribution is -2.18. The van der Waals surface area contributed by atoms with Gasteiger partial charge in [-0.2, -0.15) is 0 Å². The van der Waals surface area contributed by atoms with E-state index in [-0.39, 0.29) is 30.0 Å². The molecule has 1 rings (SSSR count). The van der Waals surface area contributed by atoms with Crippen LogP contribution in [0.4, 0.5) is 5.69 Å². The summed E-state index contributed by atoms with van der Waals surface area (Å²) in [5.74, 6) is 0.00257. The van der Waals surface area contributed by atoms with Crippen molar-refractivity contribution in [2.24, 2.45) is 5.73 Å². The van der Waals surface area contributed by atoms with Crippen LogP contribution in [0.25, 0.3) is 0 Å². The van der Waals surface area contributed by atoms with E-state index >= 15 is 0 Å². The number of ether oxygens (including phenoxy) is 3. The molecule has 8 nitrogen and oxygen atoms in total. The van der Waals surface area contributed by atoms with E-state index in [0.29, 0.717) is 5.75 Å². The zero-order valence-corrected chi connectivity index (χ0v) is 12.1. The van der Waals surface area contributed by atoms with Crippen molar-refractivity contribution in [2.75, 3.05) is 20.8 Å². The Bertz CT molecular complexity index is 532. The molecule has 0 spiro atoms. The summed E-state index contributed by atoms with van der Waals surface area (Å²) in [6.07, 6.45) is -0.163. The van der Waals surface area contributed by atoms with Crippen LogP contribution in [0.3, 0.4) is 0 Å². The van der Waals surface area contributed by atoms with E-state index in [1.165, 1.54) is 26.4 Å². The Hall–Kier alpha value is -2.35. The summed E-state index contributed by atoms with van der Waals surface area (Å²) in [6, 6.07) is 1.75. The molecule has 0 aromatic heterocycles. The molecule has 116 valence electrons. The molecule has 0 saturated carbocycles. The first-order valence-electron chi connectivity index (χ1n) is 6.26. The largest absolute Gasteiger partial charge is 0.493 e. The maximum absolute atomic E-state index is 11.5. The number of carbonyl (C=O) groups excluding carboxylic acids is 1. The highest BCUT2D eigenvalue weighted by Crippen LogP contribution is 2.37. The molecule has 1 aromatic carbocycles. The van der Waals surface area contributed by atoms with Crippen molar-refractivity contribution in [1.29, 1.82) is 0 Å². The van der Waals surface area contributed by atoms with Crippen LogP contribution >= 0.6 is 0 Å². The Morgan fingerprint density at radius 3 is 2.38 bits per heavy atom. The van der Waals surface area contributed by atoms with E-state index < -0.39 is 16.9 Å². The van der Waals surface area contributed by atoms with Crippen molar-refractivity contribution in [3.05, 3.63) is 27.8 Å². The number of hydrogen-bond acceptors (Lipinski definition) is 7. The third-order valence-electron chi connectivity index (χ3n) is 2.82. The van der Waals surface area contributed by atoms with Gasteiger partial charge in [-0.25, -0.2) is 0 Å². The van der Waals surface area contributed by atoms with Crippen LogP contribution in [0.5, 0.6) is 11.5 Å². The molecule has 0 heterocycles. The van der Waals surface area contributed by atoms with Crippen molar-refractivity contribution in [3.63, 3.8) is 0 Å². The number of nitro groups is 1. The monoisotopic (exact) mass is 298 g/mol. The van der Waals surface area contributed by atoms with Gasteiger partial charge in [0.2, 0.25) is 0 Å². The van der Waals surface area contributed by atoms with Gasteiger partial charge in [-0.1, -0.05) is 0 Å². The third kappa shape index (κ3) is 4.06. The van der Waals surface area contributed by atoms with Crippen molar-refractivity contribution in [3.8, 4) is 11.5 Å². The summed E-state index contributed by atoms with van der Waals surface area (Å²) in [5, 5.41) is 11.1. The molecule has 0 aliphatic carbocycles. The molecule has 0 unspecified atom stereocenters. The predicted molar refractivity (Wildman–Crippen MR) is 74.4 cm³/mol. The summed E-state index contributed by atoms with van der Waals surface area (Å²) >= 11 is 0. The van der Waals surface area contributed by atoms with E-state index in [0.717, 1.165) is 0 Å². The fourth-order valence-corrected chi connectivity index (χ4v) is 1.85. The van der Waals surface area contributed by atoms with E-state index in [1.54, 1.807) is 6.92 Å². The van der Waals surface area contributed by atoms with Crippen LogP contribution in [-0.2, 0) is 9.53 Å². The smallest absolute Gasteiger partial charge is 0.307 e. The number of rotatable bonds is 7. The van der Waals surface area contributed by atoms with Crippen LogP contribution in [-0.4, -0.2) is 31.7 Å². The maximum atomic E-state index is 11.5. The number of nitro benzene ring substituents is 1. The third-order valence-corrected chi connectivity index (χ3v) is 2.82. The van der Waals surface area contributed by atoms with E-state index in [4.69, 9.17) is 19.9 Å². The summed E-state index contributed by atoms with van der Waals surface area (Å²) in [6.45, 7) is 1.89. The van der Waals surface area contributed by atoms with Gasteiger partial charge in [0.1, 0.15) is 0 Å². The quantitative estimate of drug-likeness (QED) is 0.461. The number of carbonyl (C=O) groups is 1. The molecule has 1 atom stereocenters. The Balaban J connectivity index is 3.19. The average molecular weight is 298 g/mol. The number of benzene rings is 1. The molecule has 0 amide bonds. The molecule has 0 fully saturated rings. The van der Waals surface area contributed by atoms with Gasteiger partial charge in [0.05, 0.1) is 43.8 Å². The summed E-state index contributed by atoms with van der Waals surface area (Å²) in [5.41, 5.74) is 5.83. The van der Waals surface area contributed by atoms with Crippen molar-refractivity contribution in [2.45, 2.75) is 19.4 Å². The Labute approximate surface area is 121 Å². The van der Waals surface area contributed by atoms with Gasteiger partial charge < -0.3 is 19.9 Å². The van der Waals surface area contributed by atoms with Crippen LogP contribution in [0.2, 0.25) is 0 Å². The minimum absolute atomic E-state index is 0.163. The second-order valence-corrected chi connectivity index (χ2v) is 4.14. The molecule has 21 heavy (non-hydrogen) atoms. The number of nitrogens with zero attached hydrogens (tertiary/aromatic N) is 1. The van der Waals surface area contributed by atoms with Crippen LogP contribution in [0.1, 0.15) is 24.9 Å². The van der Waals surface area contributed by atoms with Gasteiger partial charge >= 0.3 is 5.97 Å². The number of esters is 1. The number of nitrogens with two attached hydrogens (primary N) is 1. The second-order valence-electron chi connectivity index (χ2n) is 4.14. The molecule has 0 aliphatic rings. The highest BCUT2D eigenvalue weighted by atomic mass is 16.6. The van der Waals surface area contributed by atoms with Crippen molar-refractivity contribution in [1.82, 2.24) is 0 Å². The van der Waals surface area contributed by atoms with Gasteiger partial charge in [-0.3, -0.25) is 14.9 Å². The fourth-order valence-electron chi connectivity index (χ4n) is 1.85. The first-order valence-corrected chi connectivity index (χ1v) is 6.26. The molecule has 2 N–H and O–H groups in total. The second kappa shape index (κ2) is 7.44. The molecule has 0 saturated heterocycles. The Kier molecular flexibility index (Phi) is 5.92. The van der Waals surface area contributed by atoms with Crippen molar-refractivity contribution < 1.29 is 23.9 Å².